The van der Waals surface area contributed by atoms with Gasteiger partial charge < -0.3 is 9.63 Å². The number of aliphatic hydroxyl groups excluding tert-OH is 1. The van der Waals surface area contributed by atoms with Crippen LogP contribution in [-0.2, 0) is 6.61 Å². The Balaban J connectivity index is 2.44. The van der Waals surface area contributed by atoms with Gasteiger partial charge in [-0.2, -0.15) is 4.98 Å². The van der Waals surface area contributed by atoms with Gasteiger partial charge in [0.05, 0.1) is 5.56 Å². The monoisotopic (exact) mass is 210 g/mol. The van der Waals surface area contributed by atoms with Gasteiger partial charge in [0.25, 0.3) is 5.89 Å². The smallest absolute Gasteiger partial charge is 0.259 e. The van der Waals surface area contributed by atoms with Crippen LogP contribution in [0.4, 0.5) is 0 Å². The van der Waals surface area contributed by atoms with Crippen molar-refractivity contribution in [1.29, 1.82) is 0 Å². The Bertz CT molecular complexity index is 447. The molecule has 0 spiro atoms. The van der Waals surface area contributed by atoms with Crippen molar-refractivity contribution in [2.75, 3.05) is 0 Å². The first-order valence-electron chi connectivity index (χ1n) is 4.21. The fourth-order valence-corrected chi connectivity index (χ4v) is 2.01. The number of nitrogens with zero attached hydrogens (tertiary/aromatic N) is 2. The molecule has 0 amide bonds. The van der Waals surface area contributed by atoms with Gasteiger partial charge in [-0.1, -0.05) is 5.16 Å². The van der Waals surface area contributed by atoms with Crippen molar-refractivity contribution in [3.8, 4) is 11.5 Å². The highest BCUT2D eigenvalue weighted by Crippen LogP contribution is 2.29. The first-order chi connectivity index (χ1) is 6.72. The molecular formula is C9H10N2O2S. The van der Waals surface area contributed by atoms with Crippen molar-refractivity contribution < 1.29 is 9.63 Å². The summed E-state index contributed by atoms with van der Waals surface area (Å²) in [5, 5.41) is 14.4. The van der Waals surface area contributed by atoms with Gasteiger partial charge in [0, 0.05) is 10.3 Å². The second-order valence-corrected chi connectivity index (χ2v) is 4.09. The van der Waals surface area contributed by atoms with E-state index in [0.29, 0.717) is 11.7 Å². The number of rotatable bonds is 2. The van der Waals surface area contributed by atoms with Crippen molar-refractivity contribution in [1.82, 2.24) is 10.1 Å². The van der Waals surface area contributed by atoms with E-state index < -0.39 is 0 Å². The molecule has 2 aromatic rings. The van der Waals surface area contributed by atoms with Crippen molar-refractivity contribution in [3.05, 3.63) is 21.6 Å². The molecule has 5 heteroatoms. The molecule has 0 aliphatic carbocycles. The quantitative estimate of drug-likeness (QED) is 0.822. The molecule has 0 saturated heterocycles. The fourth-order valence-electron chi connectivity index (χ4n) is 1.15. The maximum absolute atomic E-state index is 8.79. The van der Waals surface area contributed by atoms with Gasteiger partial charge in [-0.3, -0.25) is 0 Å². The van der Waals surface area contributed by atoms with E-state index >= 15 is 0 Å². The summed E-state index contributed by atoms with van der Waals surface area (Å²) >= 11 is 1.65. The van der Waals surface area contributed by atoms with Crippen LogP contribution in [0.1, 0.15) is 16.3 Å². The molecule has 1 N–H and O–H groups in total. The molecular weight excluding hydrogens is 200 g/mol. The van der Waals surface area contributed by atoms with E-state index in [0.717, 1.165) is 11.1 Å². The van der Waals surface area contributed by atoms with Crippen molar-refractivity contribution in [3.63, 3.8) is 0 Å². The molecule has 0 aliphatic rings. The first-order valence-corrected chi connectivity index (χ1v) is 5.09. The van der Waals surface area contributed by atoms with Crippen LogP contribution in [0.3, 0.4) is 0 Å². The summed E-state index contributed by atoms with van der Waals surface area (Å²) in [5.74, 6) is 0.805. The summed E-state index contributed by atoms with van der Waals surface area (Å²) in [5.41, 5.74) is 2.11. The summed E-state index contributed by atoms with van der Waals surface area (Å²) in [7, 11) is 0. The van der Waals surface area contributed by atoms with E-state index in [-0.39, 0.29) is 6.61 Å². The molecule has 0 aromatic carbocycles. The van der Waals surface area contributed by atoms with Crippen LogP contribution in [0.5, 0.6) is 0 Å². The summed E-state index contributed by atoms with van der Waals surface area (Å²) in [6.45, 7) is 3.88. The highest BCUT2D eigenvalue weighted by atomic mass is 32.1. The Labute approximate surface area is 85.2 Å². The minimum absolute atomic E-state index is 0.189. The maximum atomic E-state index is 8.79. The minimum atomic E-state index is -0.189. The molecule has 0 bridgehead atoms. The Hall–Kier alpha value is -1.20. The topological polar surface area (TPSA) is 59.2 Å². The summed E-state index contributed by atoms with van der Waals surface area (Å²) in [6.07, 6.45) is 0. The predicted octanol–water partition coefficient (Wildman–Crippen LogP) is 1.91. The number of aliphatic hydroxyl groups is 1. The van der Waals surface area contributed by atoms with E-state index in [1.54, 1.807) is 11.3 Å². The maximum Gasteiger partial charge on any atom is 0.259 e. The zero-order valence-electron chi connectivity index (χ0n) is 7.94. The molecule has 14 heavy (non-hydrogen) atoms. The number of thiophene rings is 1. The summed E-state index contributed by atoms with van der Waals surface area (Å²) in [6, 6.07) is 0. The second-order valence-electron chi connectivity index (χ2n) is 3.00. The third-order valence-corrected chi connectivity index (χ3v) is 3.14. The SMILES string of the molecule is Cc1scc(-c2nc(CO)no2)c1C. The molecule has 0 unspecified atom stereocenters. The third kappa shape index (κ3) is 1.44. The van der Waals surface area contributed by atoms with Crippen molar-refractivity contribution >= 4 is 11.3 Å². The largest absolute Gasteiger partial charge is 0.388 e. The molecule has 2 aromatic heterocycles. The number of aryl methyl sites for hydroxylation is 1. The lowest BCUT2D eigenvalue weighted by Gasteiger charge is -1.91. The van der Waals surface area contributed by atoms with Gasteiger partial charge in [-0.25, -0.2) is 0 Å². The standard InChI is InChI=1S/C9H10N2O2S/c1-5-6(2)14-4-7(5)9-10-8(3-12)11-13-9/h4,12H,3H2,1-2H3. The summed E-state index contributed by atoms with van der Waals surface area (Å²) in [4.78, 5) is 5.29. The number of aromatic nitrogens is 2. The molecule has 0 atom stereocenters. The molecule has 0 radical (unpaired) electrons. The molecule has 0 saturated carbocycles. The summed E-state index contributed by atoms with van der Waals surface area (Å²) < 4.78 is 5.02. The third-order valence-electron chi connectivity index (χ3n) is 2.13. The van der Waals surface area contributed by atoms with Crippen molar-refractivity contribution in [2.24, 2.45) is 0 Å². The van der Waals surface area contributed by atoms with Crippen LogP contribution in [0.2, 0.25) is 0 Å². The van der Waals surface area contributed by atoms with E-state index in [4.69, 9.17) is 9.63 Å². The molecule has 4 nitrogen and oxygen atoms in total. The van der Waals surface area contributed by atoms with Gasteiger partial charge in [0.1, 0.15) is 6.61 Å². The van der Waals surface area contributed by atoms with E-state index in [1.165, 1.54) is 4.88 Å². The average molecular weight is 210 g/mol. The number of hydrogen-bond acceptors (Lipinski definition) is 5. The van der Waals surface area contributed by atoms with Crippen LogP contribution in [-0.4, -0.2) is 15.2 Å². The molecule has 74 valence electrons. The van der Waals surface area contributed by atoms with Gasteiger partial charge in [-0.05, 0) is 19.4 Å². The Kier molecular flexibility index (Phi) is 2.35. The van der Waals surface area contributed by atoms with Crippen LogP contribution in [0, 0.1) is 13.8 Å². The van der Waals surface area contributed by atoms with Gasteiger partial charge in [0.2, 0.25) is 0 Å². The minimum Gasteiger partial charge on any atom is -0.388 e. The average Bonchev–Trinajstić information content (AvgIpc) is 2.75. The predicted molar refractivity (Wildman–Crippen MR) is 53.0 cm³/mol. The lowest BCUT2D eigenvalue weighted by Crippen LogP contribution is -1.85. The second kappa shape index (κ2) is 3.51. The number of hydrogen-bond donors (Lipinski definition) is 1. The Morgan fingerprint density at radius 1 is 1.50 bits per heavy atom. The van der Waals surface area contributed by atoms with Gasteiger partial charge in [-0.15, -0.1) is 11.3 Å². The van der Waals surface area contributed by atoms with Crippen LogP contribution in [0.25, 0.3) is 11.5 Å². The van der Waals surface area contributed by atoms with Crippen LogP contribution >= 0.6 is 11.3 Å². The lowest BCUT2D eigenvalue weighted by molar-refractivity contribution is 0.264. The van der Waals surface area contributed by atoms with Gasteiger partial charge >= 0.3 is 0 Å². The van der Waals surface area contributed by atoms with E-state index in [2.05, 4.69) is 10.1 Å². The molecule has 2 heterocycles. The van der Waals surface area contributed by atoms with E-state index in [9.17, 15) is 0 Å². The lowest BCUT2D eigenvalue weighted by atomic mass is 10.2. The molecule has 0 aliphatic heterocycles. The Morgan fingerprint density at radius 3 is 2.79 bits per heavy atom. The first kappa shape index (κ1) is 9.36. The fraction of sp³-hybridized carbons (Fsp3) is 0.333. The van der Waals surface area contributed by atoms with Crippen LogP contribution in [0.15, 0.2) is 9.90 Å². The van der Waals surface area contributed by atoms with Gasteiger partial charge in [0.15, 0.2) is 5.82 Å². The zero-order valence-corrected chi connectivity index (χ0v) is 8.76. The highest BCUT2D eigenvalue weighted by Gasteiger charge is 2.13. The highest BCUT2D eigenvalue weighted by molar-refractivity contribution is 7.10. The van der Waals surface area contributed by atoms with Crippen LogP contribution < -0.4 is 0 Å². The molecule has 0 fully saturated rings. The molecule has 2 rings (SSSR count). The van der Waals surface area contributed by atoms with Crippen molar-refractivity contribution in [2.45, 2.75) is 20.5 Å². The Morgan fingerprint density at radius 2 is 2.29 bits per heavy atom. The zero-order chi connectivity index (χ0) is 10.1. The normalized spacial score (nSPS) is 10.8. The van der Waals surface area contributed by atoms with E-state index in [1.807, 2.05) is 19.2 Å².